The fourth-order valence-corrected chi connectivity index (χ4v) is 1.82. The van der Waals surface area contributed by atoms with Crippen molar-refractivity contribution in [2.45, 2.75) is 18.9 Å². The Bertz CT molecular complexity index is 493. The Labute approximate surface area is 105 Å². The van der Waals surface area contributed by atoms with Crippen molar-refractivity contribution in [2.24, 2.45) is 12.9 Å². The zero-order chi connectivity index (χ0) is 13.0. The molecule has 2 aromatic heterocycles. The summed E-state index contributed by atoms with van der Waals surface area (Å²) in [6.45, 7) is 0. The van der Waals surface area contributed by atoms with Gasteiger partial charge in [0.1, 0.15) is 5.82 Å². The maximum absolute atomic E-state index is 12.8. The van der Waals surface area contributed by atoms with Crippen LogP contribution in [0.3, 0.4) is 0 Å². The van der Waals surface area contributed by atoms with Crippen LogP contribution in [-0.4, -0.2) is 14.8 Å². The average Bonchev–Trinajstić information content (AvgIpc) is 2.78. The van der Waals surface area contributed by atoms with Gasteiger partial charge in [0.05, 0.1) is 24.1 Å². The minimum absolute atomic E-state index is 0.0918. The highest BCUT2D eigenvalue weighted by Gasteiger charge is 2.11. The third-order valence-corrected chi connectivity index (χ3v) is 2.79. The van der Waals surface area contributed by atoms with Gasteiger partial charge >= 0.3 is 0 Å². The van der Waals surface area contributed by atoms with Gasteiger partial charge in [-0.25, -0.2) is 4.39 Å². The largest absolute Gasteiger partial charge is 0.276 e. The molecule has 0 aliphatic rings. The first-order chi connectivity index (χ1) is 8.69. The number of halogens is 1. The van der Waals surface area contributed by atoms with E-state index in [1.165, 1.54) is 12.3 Å². The van der Waals surface area contributed by atoms with Gasteiger partial charge in [0, 0.05) is 13.2 Å². The van der Waals surface area contributed by atoms with Gasteiger partial charge in [-0.15, -0.1) is 0 Å². The number of hydrogen-bond donors (Lipinski definition) is 2. The second kappa shape index (κ2) is 5.70. The number of nitrogens with two attached hydrogens (primary N) is 1. The van der Waals surface area contributed by atoms with Crippen LogP contribution in [0.15, 0.2) is 30.7 Å². The third-order valence-electron chi connectivity index (χ3n) is 2.79. The third kappa shape index (κ3) is 3.12. The summed E-state index contributed by atoms with van der Waals surface area (Å²) in [5.41, 5.74) is 4.58. The van der Waals surface area contributed by atoms with E-state index in [1.54, 1.807) is 10.7 Å². The first kappa shape index (κ1) is 12.7. The van der Waals surface area contributed by atoms with Gasteiger partial charge in [0.15, 0.2) is 0 Å². The molecule has 18 heavy (non-hydrogen) atoms. The SMILES string of the molecule is Cn1cc(CCC(NN)c2ccc(F)cn2)cn1. The molecule has 96 valence electrons. The van der Waals surface area contributed by atoms with E-state index >= 15 is 0 Å². The van der Waals surface area contributed by atoms with Gasteiger partial charge < -0.3 is 0 Å². The average molecular weight is 249 g/mol. The molecular formula is C12H16FN5. The molecule has 0 saturated heterocycles. The van der Waals surface area contributed by atoms with Crippen molar-refractivity contribution in [1.82, 2.24) is 20.2 Å². The Morgan fingerprint density at radius 3 is 2.83 bits per heavy atom. The maximum atomic E-state index is 12.8. The smallest absolute Gasteiger partial charge is 0.141 e. The van der Waals surface area contributed by atoms with E-state index in [-0.39, 0.29) is 11.9 Å². The molecule has 0 aliphatic carbocycles. The summed E-state index contributed by atoms with van der Waals surface area (Å²) >= 11 is 0. The van der Waals surface area contributed by atoms with Crippen LogP contribution in [0.2, 0.25) is 0 Å². The molecule has 0 radical (unpaired) electrons. The van der Waals surface area contributed by atoms with Gasteiger partial charge in [-0.05, 0) is 30.5 Å². The van der Waals surface area contributed by atoms with Gasteiger partial charge in [-0.3, -0.25) is 20.9 Å². The molecule has 2 rings (SSSR count). The minimum Gasteiger partial charge on any atom is -0.276 e. The van der Waals surface area contributed by atoms with E-state index < -0.39 is 0 Å². The molecule has 1 atom stereocenters. The highest BCUT2D eigenvalue weighted by atomic mass is 19.1. The first-order valence-electron chi connectivity index (χ1n) is 5.74. The number of hydrazine groups is 1. The lowest BCUT2D eigenvalue weighted by molar-refractivity contribution is 0.501. The summed E-state index contributed by atoms with van der Waals surface area (Å²) in [6.07, 6.45) is 6.60. The van der Waals surface area contributed by atoms with Crippen molar-refractivity contribution in [3.8, 4) is 0 Å². The number of nitrogens with one attached hydrogen (secondary N) is 1. The number of aromatic nitrogens is 3. The number of aryl methyl sites for hydroxylation is 2. The molecule has 0 aliphatic heterocycles. The van der Waals surface area contributed by atoms with Crippen molar-refractivity contribution >= 4 is 0 Å². The number of rotatable bonds is 5. The summed E-state index contributed by atoms with van der Waals surface area (Å²) in [5, 5.41) is 4.10. The predicted molar refractivity (Wildman–Crippen MR) is 65.8 cm³/mol. The first-order valence-corrected chi connectivity index (χ1v) is 5.74. The zero-order valence-electron chi connectivity index (χ0n) is 10.2. The fraction of sp³-hybridized carbons (Fsp3) is 0.333. The Kier molecular flexibility index (Phi) is 4.01. The molecule has 1 unspecified atom stereocenters. The predicted octanol–water partition coefficient (Wildman–Crippen LogP) is 1.09. The Morgan fingerprint density at radius 1 is 1.44 bits per heavy atom. The van der Waals surface area contributed by atoms with Gasteiger partial charge in [0.2, 0.25) is 0 Å². The second-order valence-electron chi connectivity index (χ2n) is 4.18. The monoisotopic (exact) mass is 249 g/mol. The number of pyridine rings is 1. The Morgan fingerprint density at radius 2 is 2.28 bits per heavy atom. The van der Waals surface area contributed by atoms with E-state index in [0.717, 1.165) is 24.1 Å². The molecule has 0 fully saturated rings. The molecule has 0 spiro atoms. The van der Waals surface area contributed by atoms with Crippen LogP contribution in [0.5, 0.6) is 0 Å². The van der Waals surface area contributed by atoms with Gasteiger partial charge in [-0.1, -0.05) is 0 Å². The lowest BCUT2D eigenvalue weighted by atomic mass is 10.1. The topological polar surface area (TPSA) is 68.8 Å². The summed E-state index contributed by atoms with van der Waals surface area (Å²) in [5.74, 6) is 5.16. The highest BCUT2D eigenvalue weighted by molar-refractivity contribution is 5.11. The summed E-state index contributed by atoms with van der Waals surface area (Å²) < 4.78 is 14.5. The number of hydrogen-bond acceptors (Lipinski definition) is 4. The van der Waals surface area contributed by atoms with E-state index in [0.29, 0.717) is 0 Å². The standard InChI is InChI=1S/C12H16FN5/c1-18-8-9(6-16-18)2-4-12(17-14)11-5-3-10(13)7-15-11/h3,5-8,12,17H,2,4,14H2,1H3. The van der Waals surface area contributed by atoms with Crippen LogP contribution >= 0.6 is 0 Å². The molecule has 2 aromatic rings. The molecule has 3 N–H and O–H groups in total. The van der Waals surface area contributed by atoms with Gasteiger partial charge in [-0.2, -0.15) is 5.10 Å². The molecule has 0 bridgehead atoms. The van der Waals surface area contributed by atoms with E-state index in [4.69, 9.17) is 5.84 Å². The van der Waals surface area contributed by atoms with Crippen molar-refractivity contribution in [2.75, 3.05) is 0 Å². The normalized spacial score (nSPS) is 12.6. The summed E-state index contributed by atoms with van der Waals surface area (Å²) in [7, 11) is 1.88. The van der Waals surface area contributed by atoms with Crippen molar-refractivity contribution in [3.63, 3.8) is 0 Å². The van der Waals surface area contributed by atoms with Crippen LogP contribution in [-0.2, 0) is 13.5 Å². The van der Waals surface area contributed by atoms with Crippen molar-refractivity contribution in [3.05, 3.63) is 47.8 Å². The Hall–Kier alpha value is -1.79. The van der Waals surface area contributed by atoms with Crippen LogP contribution in [0, 0.1) is 5.82 Å². The fourth-order valence-electron chi connectivity index (χ4n) is 1.82. The summed E-state index contributed by atoms with van der Waals surface area (Å²) in [6, 6.07) is 2.94. The molecule has 2 heterocycles. The molecule has 0 saturated carbocycles. The zero-order valence-corrected chi connectivity index (χ0v) is 10.2. The molecular weight excluding hydrogens is 233 g/mol. The van der Waals surface area contributed by atoms with Crippen molar-refractivity contribution < 1.29 is 4.39 Å². The van der Waals surface area contributed by atoms with E-state index in [2.05, 4.69) is 15.5 Å². The van der Waals surface area contributed by atoms with Crippen LogP contribution in [0.1, 0.15) is 23.7 Å². The quantitative estimate of drug-likeness (QED) is 0.615. The highest BCUT2D eigenvalue weighted by Crippen LogP contribution is 2.16. The van der Waals surface area contributed by atoms with Crippen LogP contribution < -0.4 is 11.3 Å². The van der Waals surface area contributed by atoms with E-state index in [9.17, 15) is 4.39 Å². The lowest BCUT2D eigenvalue weighted by Gasteiger charge is -2.14. The Balaban J connectivity index is 1.99. The van der Waals surface area contributed by atoms with Crippen LogP contribution in [0.4, 0.5) is 4.39 Å². The molecule has 0 amide bonds. The molecule has 6 heteroatoms. The number of nitrogens with zero attached hydrogens (tertiary/aromatic N) is 3. The molecule has 5 nitrogen and oxygen atoms in total. The minimum atomic E-state index is -0.346. The molecule has 0 aromatic carbocycles. The van der Waals surface area contributed by atoms with Crippen LogP contribution in [0.25, 0.3) is 0 Å². The second-order valence-corrected chi connectivity index (χ2v) is 4.18. The van der Waals surface area contributed by atoms with E-state index in [1.807, 2.05) is 19.4 Å². The van der Waals surface area contributed by atoms with Crippen molar-refractivity contribution in [1.29, 1.82) is 0 Å². The summed E-state index contributed by atoms with van der Waals surface area (Å²) in [4.78, 5) is 4.03. The lowest BCUT2D eigenvalue weighted by Crippen LogP contribution is -2.29. The maximum Gasteiger partial charge on any atom is 0.141 e. The van der Waals surface area contributed by atoms with Gasteiger partial charge in [0.25, 0.3) is 0 Å².